The molecule has 1 aromatic carbocycles. The summed E-state index contributed by atoms with van der Waals surface area (Å²) in [5.41, 5.74) is 2.11. The van der Waals surface area contributed by atoms with Crippen LogP contribution in [0.3, 0.4) is 0 Å². The zero-order valence-corrected chi connectivity index (χ0v) is 15.8. The van der Waals surface area contributed by atoms with E-state index in [1.165, 1.54) is 37.2 Å². The number of likely N-dealkylation sites (tertiary alicyclic amines) is 1. The van der Waals surface area contributed by atoms with Crippen LogP contribution in [-0.4, -0.2) is 51.3 Å². The lowest BCUT2D eigenvalue weighted by atomic mass is 9.91. The van der Waals surface area contributed by atoms with Crippen molar-refractivity contribution in [2.24, 2.45) is 0 Å². The second kappa shape index (κ2) is 7.41. The number of aliphatic hydroxyl groups is 1. The molecule has 26 heavy (non-hydrogen) atoms. The largest absolute Gasteiger partial charge is 0.388 e. The van der Waals surface area contributed by atoms with Crippen LogP contribution in [0.2, 0.25) is 0 Å². The summed E-state index contributed by atoms with van der Waals surface area (Å²) in [4.78, 5) is 9.19. The van der Waals surface area contributed by atoms with Crippen molar-refractivity contribution in [1.29, 1.82) is 0 Å². The van der Waals surface area contributed by atoms with Gasteiger partial charge in [0.15, 0.2) is 0 Å². The van der Waals surface area contributed by atoms with Crippen LogP contribution in [-0.2, 0) is 13.1 Å². The van der Waals surface area contributed by atoms with E-state index in [2.05, 4.69) is 43.6 Å². The molecular weight excluding hydrogens is 324 g/mol. The van der Waals surface area contributed by atoms with E-state index >= 15 is 0 Å². The Morgan fingerprint density at radius 3 is 2.35 bits per heavy atom. The van der Waals surface area contributed by atoms with Crippen molar-refractivity contribution in [3.8, 4) is 0 Å². The van der Waals surface area contributed by atoms with Crippen molar-refractivity contribution in [1.82, 2.24) is 14.5 Å². The first-order valence-electron chi connectivity index (χ1n) is 9.88. The minimum absolute atomic E-state index is 0.610. The highest BCUT2D eigenvalue weighted by atomic mass is 16.3. The molecule has 0 amide bonds. The summed E-state index contributed by atoms with van der Waals surface area (Å²) >= 11 is 0. The Labute approximate surface area is 156 Å². The third kappa shape index (κ3) is 3.94. The van der Waals surface area contributed by atoms with Gasteiger partial charge in [-0.2, -0.15) is 0 Å². The van der Waals surface area contributed by atoms with Crippen LogP contribution in [0.1, 0.15) is 37.1 Å². The van der Waals surface area contributed by atoms with Gasteiger partial charge in [-0.3, -0.25) is 4.90 Å². The lowest BCUT2D eigenvalue weighted by molar-refractivity contribution is -0.0361. The van der Waals surface area contributed by atoms with E-state index in [1.54, 1.807) is 6.20 Å². The van der Waals surface area contributed by atoms with Gasteiger partial charge in [-0.15, -0.1) is 0 Å². The van der Waals surface area contributed by atoms with Gasteiger partial charge in [0, 0.05) is 50.8 Å². The van der Waals surface area contributed by atoms with Crippen molar-refractivity contribution in [3.63, 3.8) is 0 Å². The van der Waals surface area contributed by atoms with Crippen LogP contribution in [0.15, 0.2) is 36.7 Å². The van der Waals surface area contributed by atoms with Crippen LogP contribution in [0.4, 0.5) is 5.69 Å². The lowest BCUT2D eigenvalue weighted by Crippen LogP contribution is -2.46. The van der Waals surface area contributed by atoms with Gasteiger partial charge < -0.3 is 14.6 Å². The normalized spacial score (nSPS) is 20.6. The van der Waals surface area contributed by atoms with Crippen molar-refractivity contribution in [2.75, 3.05) is 31.1 Å². The molecule has 5 nitrogen and oxygen atoms in total. The first-order chi connectivity index (χ1) is 12.6. The molecule has 0 spiro atoms. The second-order valence-electron chi connectivity index (χ2n) is 7.96. The number of benzene rings is 1. The van der Waals surface area contributed by atoms with Gasteiger partial charge in [-0.1, -0.05) is 12.1 Å². The zero-order valence-electron chi connectivity index (χ0n) is 15.8. The summed E-state index contributed by atoms with van der Waals surface area (Å²) < 4.78 is 2.06. The molecule has 0 saturated carbocycles. The molecule has 3 heterocycles. The average molecular weight is 354 g/mol. The monoisotopic (exact) mass is 354 g/mol. The van der Waals surface area contributed by atoms with E-state index in [9.17, 15) is 5.11 Å². The standard InChI is InChI=1S/C21H30N4O/c1-18-22-10-15-25(18)17-21(26)8-13-23(14-9-21)16-19-4-6-20(7-5-19)24-11-2-3-12-24/h4-7,10,15,26H,2-3,8-9,11-14,16-17H2,1H3. The molecule has 0 unspecified atom stereocenters. The lowest BCUT2D eigenvalue weighted by Gasteiger charge is -2.38. The third-order valence-corrected chi connectivity index (χ3v) is 5.99. The van der Waals surface area contributed by atoms with Crippen molar-refractivity contribution in [2.45, 2.75) is 51.3 Å². The molecular formula is C21H30N4O. The number of hydrogen-bond acceptors (Lipinski definition) is 4. The fourth-order valence-electron chi connectivity index (χ4n) is 4.22. The molecule has 0 atom stereocenters. The first-order valence-corrected chi connectivity index (χ1v) is 9.88. The summed E-state index contributed by atoms with van der Waals surface area (Å²) in [6.07, 6.45) is 8.03. The molecule has 2 saturated heterocycles. The smallest absolute Gasteiger partial charge is 0.105 e. The van der Waals surface area contributed by atoms with Crippen molar-refractivity contribution in [3.05, 3.63) is 48.0 Å². The summed E-state index contributed by atoms with van der Waals surface area (Å²) in [6, 6.07) is 9.07. The second-order valence-corrected chi connectivity index (χ2v) is 7.96. The Morgan fingerprint density at radius 2 is 1.73 bits per heavy atom. The molecule has 0 aliphatic carbocycles. The van der Waals surface area contributed by atoms with Crippen molar-refractivity contribution >= 4 is 5.69 Å². The van der Waals surface area contributed by atoms with Crippen LogP contribution >= 0.6 is 0 Å². The Kier molecular flexibility index (Phi) is 5.00. The molecule has 140 valence electrons. The number of aromatic nitrogens is 2. The Hall–Kier alpha value is -1.85. The highest BCUT2D eigenvalue weighted by molar-refractivity contribution is 5.48. The average Bonchev–Trinajstić information content (AvgIpc) is 3.31. The van der Waals surface area contributed by atoms with Crippen LogP contribution in [0, 0.1) is 6.92 Å². The Balaban J connectivity index is 1.30. The first kappa shape index (κ1) is 17.6. The number of rotatable bonds is 5. The van der Waals surface area contributed by atoms with Gasteiger partial charge in [0.25, 0.3) is 0 Å². The third-order valence-electron chi connectivity index (χ3n) is 5.99. The molecule has 2 aromatic rings. The summed E-state index contributed by atoms with van der Waals surface area (Å²) in [7, 11) is 0. The van der Waals surface area contributed by atoms with E-state index in [0.29, 0.717) is 6.54 Å². The van der Waals surface area contributed by atoms with E-state index < -0.39 is 5.60 Å². The summed E-state index contributed by atoms with van der Waals surface area (Å²) in [5, 5.41) is 10.9. The quantitative estimate of drug-likeness (QED) is 0.897. The van der Waals surface area contributed by atoms with Gasteiger partial charge in [0.1, 0.15) is 5.82 Å². The van der Waals surface area contributed by atoms with Crippen LogP contribution in [0.25, 0.3) is 0 Å². The van der Waals surface area contributed by atoms with Crippen LogP contribution in [0.5, 0.6) is 0 Å². The molecule has 1 N–H and O–H groups in total. The minimum Gasteiger partial charge on any atom is -0.388 e. The van der Waals surface area contributed by atoms with Gasteiger partial charge in [0.2, 0.25) is 0 Å². The fraction of sp³-hybridized carbons (Fsp3) is 0.571. The molecule has 4 rings (SSSR count). The van der Waals surface area contributed by atoms with E-state index in [0.717, 1.165) is 38.3 Å². The Bertz CT molecular complexity index is 710. The van der Waals surface area contributed by atoms with Gasteiger partial charge in [-0.05, 0) is 50.3 Å². The SMILES string of the molecule is Cc1nccn1CC1(O)CCN(Cc2ccc(N3CCCC3)cc2)CC1. The van der Waals surface area contributed by atoms with E-state index in [1.807, 2.05) is 13.1 Å². The maximum Gasteiger partial charge on any atom is 0.105 e. The topological polar surface area (TPSA) is 44.5 Å². The number of anilines is 1. The highest BCUT2D eigenvalue weighted by Crippen LogP contribution is 2.26. The minimum atomic E-state index is -0.610. The van der Waals surface area contributed by atoms with Gasteiger partial charge >= 0.3 is 0 Å². The van der Waals surface area contributed by atoms with Crippen molar-refractivity contribution < 1.29 is 5.11 Å². The number of aryl methyl sites for hydroxylation is 1. The maximum absolute atomic E-state index is 10.9. The molecule has 2 fully saturated rings. The molecule has 0 bridgehead atoms. The molecule has 2 aliphatic heterocycles. The highest BCUT2D eigenvalue weighted by Gasteiger charge is 2.32. The molecule has 1 aromatic heterocycles. The predicted molar refractivity (Wildman–Crippen MR) is 104 cm³/mol. The summed E-state index contributed by atoms with van der Waals surface area (Å²) in [6.45, 7) is 7.89. The molecule has 5 heteroatoms. The predicted octanol–water partition coefficient (Wildman–Crippen LogP) is 2.82. The fourth-order valence-corrected chi connectivity index (χ4v) is 4.22. The maximum atomic E-state index is 10.9. The van der Waals surface area contributed by atoms with Gasteiger partial charge in [-0.25, -0.2) is 4.98 Å². The number of piperidine rings is 1. The number of imidazole rings is 1. The van der Waals surface area contributed by atoms with Crippen LogP contribution < -0.4 is 4.90 Å². The molecule has 0 radical (unpaired) electrons. The van der Waals surface area contributed by atoms with E-state index in [4.69, 9.17) is 0 Å². The Morgan fingerprint density at radius 1 is 1.04 bits per heavy atom. The van der Waals surface area contributed by atoms with Gasteiger partial charge in [0.05, 0.1) is 12.1 Å². The zero-order chi connectivity index (χ0) is 18.0. The number of nitrogens with zero attached hydrogens (tertiary/aromatic N) is 4. The van der Waals surface area contributed by atoms with E-state index in [-0.39, 0.29) is 0 Å². The molecule has 2 aliphatic rings. The number of hydrogen-bond donors (Lipinski definition) is 1. The summed E-state index contributed by atoms with van der Waals surface area (Å²) in [5.74, 6) is 0.971.